The third-order valence-corrected chi connectivity index (χ3v) is 3.96. The fraction of sp³-hybridized carbons (Fsp3) is 0.467. The van der Waals surface area contributed by atoms with Gasteiger partial charge < -0.3 is 19.4 Å². The summed E-state index contributed by atoms with van der Waals surface area (Å²) in [5.74, 6) is 0.404. The number of aromatic amines is 1. The topological polar surface area (TPSA) is 112 Å². The zero-order valence-corrected chi connectivity index (χ0v) is 13.0. The second-order valence-electron chi connectivity index (χ2n) is 5.78. The molecular weight excluding hydrogens is 300 g/mol. The Bertz CT molecular complexity index is 791. The first-order chi connectivity index (χ1) is 11.0. The minimum atomic E-state index is -0.382. The van der Waals surface area contributed by atoms with Crippen LogP contribution in [0.15, 0.2) is 15.6 Å². The molecule has 0 saturated heterocycles. The van der Waals surface area contributed by atoms with Gasteiger partial charge in [-0.05, 0) is 19.8 Å². The summed E-state index contributed by atoms with van der Waals surface area (Å²) in [5.41, 5.74) is 0.517. The minimum Gasteiger partial charge on any atom is -0.493 e. The molecular formula is C15H18N4O4. The lowest BCUT2D eigenvalue weighted by Crippen LogP contribution is -2.30. The summed E-state index contributed by atoms with van der Waals surface area (Å²) in [6, 6.07) is 0. The summed E-state index contributed by atoms with van der Waals surface area (Å²) in [7, 11) is 1.65. The van der Waals surface area contributed by atoms with Crippen LogP contribution in [0.1, 0.15) is 46.4 Å². The maximum atomic E-state index is 12.4. The molecule has 2 N–H and O–H groups in total. The normalized spacial score (nSPS) is 14.0. The quantitative estimate of drug-likeness (QED) is 0.849. The van der Waals surface area contributed by atoms with Gasteiger partial charge in [0.1, 0.15) is 5.82 Å². The van der Waals surface area contributed by atoms with E-state index in [1.165, 1.54) is 18.2 Å². The lowest BCUT2D eigenvalue weighted by atomic mass is 10.2. The highest BCUT2D eigenvalue weighted by atomic mass is 16.3. The van der Waals surface area contributed by atoms with Crippen LogP contribution in [-0.4, -0.2) is 44.5 Å². The number of hydrogen-bond donors (Lipinski definition) is 2. The summed E-state index contributed by atoms with van der Waals surface area (Å²) in [4.78, 5) is 36.1. The summed E-state index contributed by atoms with van der Waals surface area (Å²) in [5, 5.41) is 9.58. The molecule has 0 radical (unpaired) electrons. The number of amides is 1. The number of rotatable bonds is 5. The van der Waals surface area contributed by atoms with Crippen molar-refractivity contribution < 1.29 is 14.3 Å². The number of H-pyrrole nitrogens is 1. The van der Waals surface area contributed by atoms with E-state index in [4.69, 9.17) is 4.42 Å². The number of carbonyl (C=O) groups is 1. The second kappa shape index (κ2) is 5.86. The zero-order chi connectivity index (χ0) is 16.6. The Hall–Kier alpha value is -2.64. The fourth-order valence-corrected chi connectivity index (χ4v) is 2.30. The zero-order valence-electron chi connectivity index (χ0n) is 13.0. The first kappa shape index (κ1) is 15.3. The van der Waals surface area contributed by atoms with E-state index in [1.807, 2.05) is 0 Å². The lowest BCUT2D eigenvalue weighted by Gasteiger charge is -2.15. The number of carbonyl (C=O) groups excluding carboxylic acids is 1. The average molecular weight is 318 g/mol. The highest BCUT2D eigenvalue weighted by Gasteiger charge is 2.33. The first-order valence-electron chi connectivity index (χ1n) is 7.45. The number of aromatic hydroxyl groups is 1. The SMILES string of the molecule is Cc1c(O)nc(CCN(C)C(=O)c2ocnc2C2CC2)[nH]c1=O. The third kappa shape index (κ3) is 3.10. The fourth-order valence-electron chi connectivity index (χ4n) is 2.30. The molecule has 1 amide bonds. The smallest absolute Gasteiger partial charge is 0.291 e. The molecule has 1 aliphatic carbocycles. The Morgan fingerprint density at radius 2 is 2.26 bits per heavy atom. The van der Waals surface area contributed by atoms with E-state index in [9.17, 15) is 14.7 Å². The average Bonchev–Trinajstić information content (AvgIpc) is 3.26. The molecule has 0 bridgehead atoms. The second-order valence-corrected chi connectivity index (χ2v) is 5.78. The van der Waals surface area contributed by atoms with Gasteiger partial charge in [0.2, 0.25) is 11.6 Å². The highest BCUT2D eigenvalue weighted by molar-refractivity contribution is 5.92. The first-order valence-corrected chi connectivity index (χ1v) is 7.45. The van der Waals surface area contributed by atoms with Gasteiger partial charge in [0.15, 0.2) is 6.39 Å². The van der Waals surface area contributed by atoms with Crippen molar-refractivity contribution in [2.75, 3.05) is 13.6 Å². The number of nitrogens with one attached hydrogen (secondary N) is 1. The molecule has 2 heterocycles. The molecule has 2 aromatic rings. The molecule has 1 fully saturated rings. The molecule has 0 aromatic carbocycles. The van der Waals surface area contributed by atoms with Crippen LogP contribution in [-0.2, 0) is 6.42 Å². The van der Waals surface area contributed by atoms with Crippen molar-refractivity contribution in [2.24, 2.45) is 0 Å². The van der Waals surface area contributed by atoms with E-state index >= 15 is 0 Å². The van der Waals surface area contributed by atoms with Crippen LogP contribution >= 0.6 is 0 Å². The van der Waals surface area contributed by atoms with Crippen molar-refractivity contribution in [1.29, 1.82) is 0 Å². The standard InChI is InChI=1S/C15H18N4O4/c1-8-13(20)17-10(18-14(8)21)5-6-19(2)15(22)12-11(9-3-4-9)16-7-23-12/h7,9H,3-6H2,1-2H3,(H2,17,18,20,21). The van der Waals surface area contributed by atoms with Crippen LogP contribution in [0.3, 0.4) is 0 Å². The van der Waals surface area contributed by atoms with Crippen molar-refractivity contribution in [2.45, 2.75) is 32.1 Å². The Balaban J connectivity index is 1.67. The monoisotopic (exact) mass is 318 g/mol. The van der Waals surface area contributed by atoms with Crippen molar-refractivity contribution in [1.82, 2.24) is 19.9 Å². The predicted octanol–water partition coefficient (Wildman–Crippen LogP) is 0.964. The molecule has 3 rings (SSSR count). The van der Waals surface area contributed by atoms with E-state index in [2.05, 4.69) is 15.0 Å². The minimum absolute atomic E-state index is 0.175. The van der Waals surface area contributed by atoms with Gasteiger partial charge in [0, 0.05) is 25.9 Å². The van der Waals surface area contributed by atoms with Crippen molar-refractivity contribution in [3.8, 4) is 5.88 Å². The van der Waals surface area contributed by atoms with Crippen LogP contribution in [0, 0.1) is 6.92 Å². The van der Waals surface area contributed by atoms with Crippen LogP contribution in [0.4, 0.5) is 0 Å². The van der Waals surface area contributed by atoms with Gasteiger partial charge in [-0.1, -0.05) is 0 Å². The van der Waals surface area contributed by atoms with Crippen LogP contribution in [0.5, 0.6) is 5.88 Å². The molecule has 1 aliphatic rings. The number of nitrogens with zero attached hydrogens (tertiary/aromatic N) is 3. The molecule has 23 heavy (non-hydrogen) atoms. The summed E-state index contributed by atoms with van der Waals surface area (Å²) >= 11 is 0. The Morgan fingerprint density at radius 1 is 1.52 bits per heavy atom. The summed E-state index contributed by atoms with van der Waals surface area (Å²) in [6.07, 6.45) is 3.68. The molecule has 0 unspecified atom stereocenters. The van der Waals surface area contributed by atoms with E-state index in [0.717, 1.165) is 18.5 Å². The van der Waals surface area contributed by atoms with Gasteiger partial charge in [-0.25, -0.2) is 9.97 Å². The molecule has 2 aromatic heterocycles. The maximum Gasteiger partial charge on any atom is 0.291 e. The van der Waals surface area contributed by atoms with Crippen molar-refractivity contribution >= 4 is 5.91 Å². The molecule has 8 heteroatoms. The lowest BCUT2D eigenvalue weighted by molar-refractivity contribution is 0.0763. The van der Waals surface area contributed by atoms with Gasteiger partial charge in [0.25, 0.3) is 11.5 Å². The number of oxazole rings is 1. The summed E-state index contributed by atoms with van der Waals surface area (Å²) in [6.45, 7) is 1.82. The van der Waals surface area contributed by atoms with Gasteiger partial charge in [-0.2, -0.15) is 0 Å². The molecule has 0 aliphatic heterocycles. The largest absolute Gasteiger partial charge is 0.493 e. The molecule has 1 saturated carbocycles. The number of aromatic nitrogens is 3. The van der Waals surface area contributed by atoms with Crippen molar-refractivity contribution in [3.63, 3.8) is 0 Å². The van der Waals surface area contributed by atoms with Crippen LogP contribution in [0.25, 0.3) is 0 Å². The highest BCUT2D eigenvalue weighted by Crippen LogP contribution is 2.40. The van der Waals surface area contributed by atoms with Crippen molar-refractivity contribution in [3.05, 3.63) is 39.6 Å². The maximum absolute atomic E-state index is 12.4. The van der Waals surface area contributed by atoms with Gasteiger partial charge in [-0.3, -0.25) is 9.59 Å². The molecule has 8 nitrogen and oxygen atoms in total. The van der Waals surface area contributed by atoms with E-state index < -0.39 is 0 Å². The van der Waals surface area contributed by atoms with Gasteiger partial charge in [0.05, 0.1) is 11.3 Å². The Kier molecular flexibility index (Phi) is 3.89. The Morgan fingerprint density at radius 3 is 2.91 bits per heavy atom. The number of likely N-dealkylation sites (N-methyl/N-ethyl adjacent to an activating group) is 1. The Labute approximate surface area is 132 Å². The molecule has 122 valence electrons. The third-order valence-electron chi connectivity index (χ3n) is 3.96. The molecule has 0 atom stereocenters. The van der Waals surface area contributed by atoms with Gasteiger partial charge in [-0.15, -0.1) is 0 Å². The summed E-state index contributed by atoms with van der Waals surface area (Å²) < 4.78 is 5.24. The number of hydrogen-bond acceptors (Lipinski definition) is 6. The van der Waals surface area contributed by atoms with E-state index in [-0.39, 0.29) is 28.7 Å². The van der Waals surface area contributed by atoms with Crippen LogP contribution < -0.4 is 5.56 Å². The van der Waals surface area contributed by atoms with Crippen LogP contribution in [0.2, 0.25) is 0 Å². The molecule has 0 spiro atoms. The predicted molar refractivity (Wildman–Crippen MR) is 80.4 cm³/mol. The van der Waals surface area contributed by atoms with Gasteiger partial charge >= 0.3 is 0 Å². The van der Waals surface area contributed by atoms with E-state index in [0.29, 0.717) is 24.7 Å². The van der Waals surface area contributed by atoms with E-state index in [1.54, 1.807) is 7.05 Å².